The van der Waals surface area contributed by atoms with Crippen molar-refractivity contribution in [2.24, 2.45) is 0 Å². The first-order valence-corrected chi connectivity index (χ1v) is 8.42. The molecule has 3 rings (SSSR count). The Bertz CT molecular complexity index is 965. The number of benzene rings is 2. The van der Waals surface area contributed by atoms with Crippen molar-refractivity contribution in [3.05, 3.63) is 70.3 Å². The van der Waals surface area contributed by atoms with Gasteiger partial charge in [-0.3, -0.25) is 19.3 Å². The molecule has 1 heterocycles. The minimum absolute atomic E-state index is 0.136. The first kappa shape index (κ1) is 18.3. The summed E-state index contributed by atoms with van der Waals surface area (Å²) in [5.74, 6) is -2.22. The molecule has 0 radical (unpaired) electrons. The Hall–Kier alpha value is -3.48. The van der Waals surface area contributed by atoms with Crippen LogP contribution in [-0.2, 0) is 6.54 Å². The second-order valence-electron chi connectivity index (χ2n) is 6.52. The summed E-state index contributed by atoms with van der Waals surface area (Å²) in [6, 6.07) is 10.4. The lowest BCUT2D eigenvalue weighted by molar-refractivity contribution is 0.0607. The van der Waals surface area contributed by atoms with Crippen LogP contribution in [0.25, 0.3) is 0 Å². The van der Waals surface area contributed by atoms with E-state index in [-0.39, 0.29) is 35.2 Å². The van der Waals surface area contributed by atoms with E-state index >= 15 is 0 Å². The van der Waals surface area contributed by atoms with Gasteiger partial charge in [-0.1, -0.05) is 12.1 Å². The van der Waals surface area contributed by atoms with Gasteiger partial charge in [-0.2, -0.15) is 0 Å². The van der Waals surface area contributed by atoms with Crippen molar-refractivity contribution in [3.63, 3.8) is 0 Å². The number of nitrogens with one attached hydrogen (secondary N) is 1. The number of hydrogen-bond donors (Lipinski definition) is 2. The molecule has 0 saturated carbocycles. The Morgan fingerprint density at radius 1 is 1.00 bits per heavy atom. The first-order chi connectivity index (χ1) is 12.8. The average Bonchev–Trinajstić information content (AvgIpc) is 2.90. The highest BCUT2D eigenvalue weighted by Gasteiger charge is 2.37. The van der Waals surface area contributed by atoms with E-state index in [1.165, 1.54) is 35.2 Å². The minimum Gasteiger partial charge on any atom is -0.478 e. The van der Waals surface area contributed by atoms with Crippen LogP contribution in [-0.4, -0.2) is 39.7 Å². The maximum Gasteiger partial charge on any atom is 0.335 e. The molecule has 0 bridgehead atoms. The van der Waals surface area contributed by atoms with Crippen LogP contribution in [0.4, 0.5) is 0 Å². The molecule has 0 aromatic heterocycles. The molecule has 0 unspecified atom stereocenters. The Morgan fingerprint density at radius 2 is 1.70 bits per heavy atom. The SMILES string of the molecule is CC(C)N1C(=O)c2ccc(C(=O)NCc3cccc(C(=O)O)c3)cc2C1=O. The predicted octanol–water partition coefficient (Wildman–Crippen LogP) is 2.32. The van der Waals surface area contributed by atoms with Crippen LogP contribution in [0.5, 0.6) is 0 Å². The number of carboxylic acids is 1. The van der Waals surface area contributed by atoms with Gasteiger partial charge in [0.25, 0.3) is 17.7 Å². The van der Waals surface area contributed by atoms with E-state index in [4.69, 9.17) is 5.11 Å². The quantitative estimate of drug-likeness (QED) is 0.791. The van der Waals surface area contributed by atoms with Crippen molar-refractivity contribution < 1.29 is 24.3 Å². The topological polar surface area (TPSA) is 104 Å². The number of aromatic carboxylic acids is 1. The van der Waals surface area contributed by atoms with Crippen molar-refractivity contribution in [2.45, 2.75) is 26.4 Å². The number of imide groups is 1. The summed E-state index contributed by atoms with van der Waals surface area (Å²) in [7, 11) is 0. The minimum atomic E-state index is -1.04. The second-order valence-corrected chi connectivity index (χ2v) is 6.52. The van der Waals surface area contributed by atoms with Crippen molar-refractivity contribution in [1.29, 1.82) is 0 Å². The fourth-order valence-electron chi connectivity index (χ4n) is 2.97. The smallest absolute Gasteiger partial charge is 0.335 e. The predicted molar refractivity (Wildman–Crippen MR) is 96.6 cm³/mol. The van der Waals surface area contributed by atoms with Crippen LogP contribution < -0.4 is 5.32 Å². The molecule has 138 valence electrons. The van der Waals surface area contributed by atoms with E-state index in [0.717, 1.165) is 0 Å². The number of hydrogen-bond acceptors (Lipinski definition) is 4. The maximum atomic E-state index is 12.4. The molecule has 2 N–H and O–H groups in total. The van der Waals surface area contributed by atoms with Crippen LogP contribution in [0.3, 0.4) is 0 Å². The van der Waals surface area contributed by atoms with Gasteiger partial charge in [0.1, 0.15) is 0 Å². The largest absolute Gasteiger partial charge is 0.478 e. The Morgan fingerprint density at radius 3 is 2.37 bits per heavy atom. The highest BCUT2D eigenvalue weighted by Crippen LogP contribution is 2.25. The molecule has 1 aliphatic heterocycles. The Kier molecular flexibility index (Phi) is 4.77. The number of amides is 3. The zero-order valence-corrected chi connectivity index (χ0v) is 14.9. The van der Waals surface area contributed by atoms with Crippen LogP contribution in [0.15, 0.2) is 42.5 Å². The van der Waals surface area contributed by atoms with Crippen molar-refractivity contribution in [1.82, 2.24) is 10.2 Å². The lowest BCUT2D eigenvalue weighted by Gasteiger charge is -2.17. The molecule has 2 aromatic carbocycles. The molecule has 7 heteroatoms. The summed E-state index contributed by atoms with van der Waals surface area (Å²) in [4.78, 5) is 49.3. The molecule has 0 saturated heterocycles. The van der Waals surface area contributed by atoms with E-state index in [0.29, 0.717) is 11.1 Å². The molecule has 1 aliphatic rings. The van der Waals surface area contributed by atoms with Crippen LogP contribution >= 0.6 is 0 Å². The third-order valence-electron chi connectivity index (χ3n) is 4.32. The first-order valence-electron chi connectivity index (χ1n) is 8.42. The van der Waals surface area contributed by atoms with Gasteiger partial charge in [-0.25, -0.2) is 4.79 Å². The maximum absolute atomic E-state index is 12.4. The number of fused-ring (bicyclic) bond motifs is 1. The highest BCUT2D eigenvalue weighted by molar-refractivity contribution is 6.22. The fourth-order valence-corrected chi connectivity index (χ4v) is 2.97. The third kappa shape index (κ3) is 3.44. The zero-order valence-electron chi connectivity index (χ0n) is 14.9. The fraction of sp³-hybridized carbons (Fsp3) is 0.200. The van der Waals surface area contributed by atoms with Gasteiger partial charge < -0.3 is 10.4 Å². The van der Waals surface area contributed by atoms with E-state index in [9.17, 15) is 19.2 Å². The summed E-state index contributed by atoms with van der Waals surface area (Å²) >= 11 is 0. The van der Waals surface area contributed by atoms with Crippen molar-refractivity contribution in [2.75, 3.05) is 0 Å². The zero-order chi connectivity index (χ0) is 19.7. The van der Waals surface area contributed by atoms with Gasteiger partial charge >= 0.3 is 5.97 Å². The van der Waals surface area contributed by atoms with Crippen molar-refractivity contribution in [3.8, 4) is 0 Å². The molecule has 0 atom stereocenters. The van der Waals surface area contributed by atoms with Crippen LogP contribution in [0.1, 0.15) is 60.8 Å². The number of rotatable bonds is 5. The summed E-state index contributed by atoms with van der Waals surface area (Å²) in [5.41, 5.74) is 1.54. The Balaban J connectivity index is 1.76. The molecule has 0 spiro atoms. The van der Waals surface area contributed by atoms with Gasteiger partial charge in [-0.15, -0.1) is 0 Å². The van der Waals surface area contributed by atoms with E-state index < -0.39 is 17.8 Å². The number of nitrogens with zero attached hydrogens (tertiary/aromatic N) is 1. The number of carbonyl (C=O) groups excluding carboxylic acids is 3. The van der Waals surface area contributed by atoms with Gasteiger partial charge in [-0.05, 0) is 49.7 Å². The van der Waals surface area contributed by atoms with Crippen LogP contribution in [0, 0.1) is 0 Å². The highest BCUT2D eigenvalue weighted by atomic mass is 16.4. The van der Waals surface area contributed by atoms with Gasteiger partial charge in [0.15, 0.2) is 0 Å². The standard InChI is InChI=1S/C20H18N2O5/c1-11(2)22-18(24)15-7-6-13(9-16(15)19(22)25)17(23)21-10-12-4-3-5-14(8-12)20(26)27/h3-9,11H,10H2,1-2H3,(H,21,23)(H,26,27). The molecular weight excluding hydrogens is 348 g/mol. The van der Waals surface area contributed by atoms with E-state index in [1.54, 1.807) is 26.0 Å². The number of carboxylic acid groups (broad SMARTS) is 1. The summed E-state index contributed by atoms with van der Waals surface area (Å²) in [6.45, 7) is 3.64. The van der Waals surface area contributed by atoms with Gasteiger partial charge in [0, 0.05) is 18.2 Å². The van der Waals surface area contributed by atoms with Crippen molar-refractivity contribution >= 4 is 23.7 Å². The number of carbonyl (C=O) groups is 4. The third-order valence-corrected chi connectivity index (χ3v) is 4.32. The monoisotopic (exact) mass is 366 g/mol. The van der Waals surface area contributed by atoms with Gasteiger partial charge in [0.2, 0.25) is 0 Å². The molecule has 7 nitrogen and oxygen atoms in total. The lowest BCUT2D eigenvalue weighted by atomic mass is 10.1. The van der Waals surface area contributed by atoms with Gasteiger partial charge in [0.05, 0.1) is 16.7 Å². The summed E-state index contributed by atoms with van der Waals surface area (Å²) < 4.78 is 0. The van der Waals surface area contributed by atoms with Crippen LogP contribution in [0.2, 0.25) is 0 Å². The summed E-state index contributed by atoms with van der Waals surface area (Å²) in [6.07, 6.45) is 0. The van der Waals surface area contributed by atoms with E-state index in [1.807, 2.05) is 0 Å². The lowest BCUT2D eigenvalue weighted by Crippen LogP contribution is -2.35. The van der Waals surface area contributed by atoms with E-state index in [2.05, 4.69) is 5.32 Å². The normalized spacial score (nSPS) is 13.1. The molecule has 3 amide bonds. The average molecular weight is 366 g/mol. The molecule has 0 fully saturated rings. The molecule has 27 heavy (non-hydrogen) atoms. The molecule has 0 aliphatic carbocycles. The molecule has 2 aromatic rings. The second kappa shape index (κ2) is 7.03. The summed E-state index contributed by atoms with van der Waals surface area (Å²) in [5, 5.41) is 11.7. The Labute approximate surface area is 155 Å². The molecular formula is C20H18N2O5.